The second-order valence-corrected chi connectivity index (χ2v) is 5.25. The van der Waals surface area contributed by atoms with Crippen molar-refractivity contribution in [1.29, 1.82) is 0 Å². The Morgan fingerprint density at radius 2 is 1.72 bits per heavy atom. The standard InChI is InChI=1S/C16H14O2/c1-16(2)6-3-11-9-13-14(17)5-8-18-15(13)10-12(11)4-7-16/h3-10H,1-2H3. The minimum Gasteiger partial charge on any atom is -0.464 e. The zero-order valence-corrected chi connectivity index (χ0v) is 10.4. The van der Waals surface area contributed by atoms with Gasteiger partial charge in [-0.2, -0.15) is 0 Å². The number of fused-ring (bicyclic) bond motifs is 2. The highest BCUT2D eigenvalue weighted by molar-refractivity contribution is 5.84. The average molecular weight is 238 g/mol. The topological polar surface area (TPSA) is 30.2 Å². The predicted molar refractivity (Wildman–Crippen MR) is 74.3 cm³/mol. The van der Waals surface area contributed by atoms with Crippen LogP contribution in [0.25, 0.3) is 23.1 Å². The molecule has 3 rings (SSSR count). The molecule has 2 heteroatoms. The van der Waals surface area contributed by atoms with Crippen LogP contribution in [0.3, 0.4) is 0 Å². The first kappa shape index (κ1) is 11.0. The first-order valence-electron chi connectivity index (χ1n) is 5.99. The Labute approximate surface area is 105 Å². The van der Waals surface area contributed by atoms with Crippen LogP contribution < -0.4 is 5.43 Å². The maximum atomic E-state index is 11.8. The lowest BCUT2D eigenvalue weighted by Gasteiger charge is -2.11. The molecule has 2 aromatic rings. The number of rotatable bonds is 0. The van der Waals surface area contributed by atoms with Gasteiger partial charge in [-0.25, -0.2) is 0 Å². The van der Waals surface area contributed by atoms with E-state index in [9.17, 15) is 4.79 Å². The summed E-state index contributed by atoms with van der Waals surface area (Å²) in [7, 11) is 0. The van der Waals surface area contributed by atoms with E-state index in [0.717, 1.165) is 11.1 Å². The molecular formula is C16H14O2. The molecule has 0 fully saturated rings. The average Bonchev–Trinajstić information content (AvgIpc) is 2.48. The molecule has 2 nitrogen and oxygen atoms in total. The van der Waals surface area contributed by atoms with Crippen LogP contribution in [0.4, 0.5) is 0 Å². The largest absolute Gasteiger partial charge is 0.464 e. The highest BCUT2D eigenvalue weighted by Crippen LogP contribution is 2.29. The molecule has 0 amide bonds. The molecule has 0 unspecified atom stereocenters. The Hall–Kier alpha value is -2.09. The molecular weight excluding hydrogens is 224 g/mol. The number of hydrogen-bond donors (Lipinski definition) is 0. The van der Waals surface area contributed by atoms with E-state index in [4.69, 9.17) is 4.42 Å². The molecule has 0 saturated heterocycles. The van der Waals surface area contributed by atoms with Crippen molar-refractivity contribution in [3.05, 3.63) is 58.0 Å². The van der Waals surface area contributed by atoms with Gasteiger partial charge in [0.25, 0.3) is 0 Å². The van der Waals surface area contributed by atoms with E-state index >= 15 is 0 Å². The number of benzene rings is 1. The molecule has 1 aromatic heterocycles. The van der Waals surface area contributed by atoms with Gasteiger partial charge in [-0.15, -0.1) is 0 Å². The Balaban J connectivity index is 2.33. The lowest BCUT2D eigenvalue weighted by atomic mass is 9.93. The van der Waals surface area contributed by atoms with Crippen LogP contribution in [-0.2, 0) is 0 Å². The maximum Gasteiger partial charge on any atom is 0.192 e. The fraction of sp³-hybridized carbons (Fsp3) is 0.188. The third kappa shape index (κ3) is 1.80. The molecule has 1 aliphatic carbocycles. The van der Waals surface area contributed by atoms with Crippen LogP contribution >= 0.6 is 0 Å². The summed E-state index contributed by atoms with van der Waals surface area (Å²) in [5.74, 6) is 0. The first-order chi connectivity index (χ1) is 8.55. The third-order valence-corrected chi connectivity index (χ3v) is 3.25. The van der Waals surface area contributed by atoms with Gasteiger partial charge in [0.1, 0.15) is 5.58 Å². The molecule has 0 bridgehead atoms. The molecule has 90 valence electrons. The molecule has 0 aliphatic heterocycles. The highest BCUT2D eigenvalue weighted by Gasteiger charge is 2.13. The fourth-order valence-corrected chi connectivity index (χ4v) is 2.11. The molecule has 0 N–H and O–H groups in total. The monoisotopic (exact) mass is 238 g/mol. The molecule has 1 aliphatic rings. The van der Waals surface area contributed by atoms with Crippen LogP contribution in [0, 0.1) is 5.41 Å². The van der Waals surface area contributed by atoms with Crippen molar-refractivity contribution in [2.45, 2.75) is 13.8 Å². The number of allylic oxidation sites excluding steroid dienone is 2. The van der Waals surface area contributed by atoms with E-state index in [1.165, 1.54) is 12.3 Å². The van der Waals surface area contributed by atoms with E-state index in [2.05, 4.69) is 38.2 Å². The lowest BCUT2D eigenvalue weighted by molar-refractivity contribution is 0.602. The molecule has 0 atom stereocenters. The summed E-state index contributed by atoms with van der Waals surface area (Å²) in [5, 5.41) is 0.633. The maximum absolute atomic E-state index is 11.8. The Morgan fingerprint density at radius 3 is 2.44 bits per heavy atom. The summed E-state index contributed by atoms with van der Waals surface area (Å²) in [6, 6.07) is 5.28. The molecule has 1 heterocycles. The summed E-state index contributed by atoms with van der Waals surface area (Å²) in [5.41, 5.74) is 2.81. The number of hydrogen-bond acceptors (Lipinski definition) is 2. The summed E-state index contributed by atoms with van der Waals surface area (Å²) >= 11 is 0. The Bertz CT molecular complexity index is 730. The van der Waals surface area contributed by atoms with E-state index in [1.807, 2.05) is 12.1 Å². The van der Waals surface area contributed by atoms with Gasteiger partial charge < -0.3 is 4.42 Å². The highest BCUT2D eigenvalue weighted by atomic mass is 16.3. The van der Waals surface area contributed by atoms with Crippen LogP contribution in [0.2, 0.25) is 0 Å². The molecule has 18 heavy (non-hydrogen) atoms. The van der Waals surface area contributed by atoms with Crippen molar-refractivity contribution >= 4 is 23.1 Å². The van der Waals surface area contributed by atoms with Crippen molar-refractivity contribution in [2.75, 3.05) is 0 Å². The second kappa shape index (κ2) is 3.70. The van der Waals surface area contributed by atoms with Gasteiger partial charge in [-0.1, -0.05) is 38.2 Å². The van der Waals surface area contributed by atoms with Gasteiger partial charge in [0.2, 0.25) is 0 Å². The van der Waals surface area contributed by atoms with Crippen molar-refractivity contribution in [3.63, 3.8) is 0 Å². The first-order valence-corrected chi connectivity index (χ1v) is 5.99. The summed E-state index contributed by atoms with van der Waals surface area (Å²) < 4.78 is 5.39. The summed E-state index contributed by atoms with van der Waals surface area (Å²) in [4.78, 5) is 11.8. The summed E-state index contributed by atoms with van der Waals surface area (Å²) in [6.45, 7) is 4.30. The quantitative estimate of drug-likeness (QED) is 0.697. The van der Waals surface area contributed by atoms with Gasteiger partial charge in [0.15, 0.2) is 5.43 Å². The Kier molecular flexibility index (Phi) is 2.27. The van der Waals surface area contributed by atoms with E-state index < -0.39 is 0 Å². The van der Waals surface area contributed by atoms with Gasteiger partial charge in [-0.3, -0.25) is 4.79 Å². The predicted octanol–water partition coefficient (Wildman–Crippen LogP) is 3.86. The molecule has 0 spiro atoms. The van der Waals surface area contributed by atoms with Gasteiger partial charge >= 0.3 is 0 Å². The zero-order chi connectivity index (χ0) is 12.8. The van der Waals surface area contributed by atoms with E-state index in [-0.39, 0.29) is 10.8 Å². The SMILES string of the molecule is CC1(C)C=Cc2cc3occc(=O)c3cc2C=C1. The molecule has 1 aromatic carbocycles. The van der Waals surface area contributed by atoms with E-state index in [1.54, 1.807) is 0 Å². The van der Waals surface area contributed by atoms with E-state index in [0.29, 0.717) is 11.0 Å². The van der Waals surface area contributed by atoms with Crippen molar-refractivity contribution in [2.24, 2.45) is 5.41 Å². The van der Waals surface area contributed by atoms with Crippen LogP contribution in [0.1, 0.15) is 25.0 Å². The molecule has 0 radical (unpaired) electrons. The van der Waals surface area contributed by atoms with Crippen molar-refractivity contribution in [3.8, 4) is 0 Å². The fourth-order valence-electron chi connectivity index (χ4n) is 2.11. The van der Waals surface area contributed by atoms with Gasteiger partial charge in [0.05, 0.1) is 11.6 Å². The Morgan fingerprint density at radius 1 is 1.06 bits per heavy atom. The third-order valence-electron chi connectivity index (χ3n) is 3.25. The smallest absolute Gasteiger partial charge is 0.192 e. The van der Waals surface area contributed by atoms with Crippen LogP contribution in [0.5, 0.6) is 0 Å². The van der Waals surface area contributed by atoms with Gasteiger partial charge in [-0.05, 0) is 23.3 Å². The van der Waals surface area contributed by atoms with Crippen LogP contribution in [0.15, 0.2) is 45.8 Å². The zero-order valence-electron chi connectivity index (χ0n) is 10.4. The summed E-state index contributed by atoms with van der Waals surface area (Å²) in [6.07, 6.45) is 9.90. The second-order valence-electron chi connectivity index (χ2n) is 5.25. The van der Waals surface area contributed by atoms with Crippen molar-refractivity contribution < 1.29 is 4.42 Å². The van der Waals surface area contributed by atoms with Gasteiger partial charge in [0, 0.05) is 11.5 Å². The van der Waals surface area contributed by atoms with Crippen LogP contribution in [-0.4, -0.2) is 0 Å². The normalized spacial score (nSPS) is 16.6. The minimum absolute atomic E-state index is 0.0000586. The molecule has 0 saturated carbocycles. The van der Waals surface area contributed by atoms with Crippen molar-refractivity contribution in [1.82, 2.24) is 0 Å². The minimum atomic E-state index is -0.0000586. The lowest BCUT2D eigenvalue weighted by Crippen LogP contribution is -1.99.